The molecule has 0 bridgehead atoms. The zero-order valence-electron chi connectivity index (χ0n) is 13.2. The van der Waals surface area contributed by atoms with E-state index in [9.17, 15) is 0 Å². The normalized spacial score (nSPS) is 12.4. The summed E-state index contributed by atoms with van der Waals surface area (Å²) in [5, 5.41) is 0.706. The molecule has 2 aromatic carbocycles. The quantitative estimate of drug-likeness (QED) is 0.791. The van der Waals surface area contributed by atoms with Crippen LogP contribution < -0.4 is 24.7 Å². The van der Waals surface area contributed by atoms with Crippen molar-refractivity contribution in [3.05, 3.63) is 30.3 Å². The first kappa shape index (κ1) is 14.4. The highest BCUT2D eigenvalue weighted by Crippen LogP contribution is 2.37. The van der Waals surface area contributed by atoms with Crippen LogP contribution in [0.15, 0.2) is 30.3 Å². The average Bonchev–Trinajstić information content (AvgIpc) is 3.08. The molecule has 3 aromatic rings. The SMILES string of the molecule is COc1cc2nc(-c3ccc4c(c3)OCO4)nc(N)c2cc1OC. The lowest BCUT2D eigenvalue weighted by atomic mass is 10.1. The van der Waals surface area contributed by atoms with Crippen LogP contribution in [0.25, 0.3) is 22.3 Å². The van der Waals surface area contributed by atoms with E-state index in [2.05, 4.69) is 9.97 Å². The van der Waals surface area contributed by atoms with Crippen LogP contribution in [0.3, 0.4) is 0 Å². The van der Waals surface area contributed by atoms with E-state index in [0.29, 0.717) is 45.5 Å². The molecule has 1 aliphatic heterocycles. The number of methoxy groups -OCH3 is 2. The first-order chi connectivity index (χ1) is 11.7. The number of aromatic nitrogens is 2. The smallest absolute Gasteiger partial charge is 0.231 e. The molecule has 2 N–H and O–H groups in total. The third kappa shape index (κ3) is 2.21. The van der Waals surface area contributed by atoms with Crippen molar-refractivity contribution in [3.63, 3.8) is 0 Å². The van der Waals surface area contributed by atoms with Crippen molar-refractivity contribution < 1.29 is 18.9 Å². The molecule has 0 radical (unpaired) electrons. The summed E-state index contributed by atoms with van der Waals surface area (Å²) >= 11 is 0. The van der Waals surface area contributed by atoms with Gasteiger partial charge >= 0.3 is 0 Å². The van der Waals surface area contributed by atoms with E-state index in [4.69, 9.17) is 24.7 Å². The summed E-state index contributed by atoms with van der Waals surface area (Å²) in [6.45, 7) is 0.219. The number of nitrogens with two attached hydrogens (primary N) is 1. The number of fused-ring (bicyclic) bond motifs is 2. The Morgan fingerprint density at radius 1 is 0.958 bits per heavy atom. The number of rotatable bonds is 3. The molecule has 0 atom stereocenters. The van der Waals surface area contributed by atoms with Crippen molar-refractivity contribution in [1.29, 1.82) is 0 Å². The molecule has 7 heteroatoms. The highest BCUT2D eigenvalue weighted by molar-refractivity contribution is 5.92. The second-order valence-corrected chi connectivity index (χ2v) is 5.22. The second kappa shape index (κ2) is 5.45. The Bertz CT molecular complexity index is 943. The zero-order valence-corrected chi connectivity index (χ0v) is 13.2. The Morgan fingerprint density at radius 2 is 1.71 bits per heavy atom. The fourth-order valence-electron chi connectivity index (χ4n) is 2.64. The molecular weight excluding hydrogens is 310 g/mol. The van der Waals surface area contributed by atoms with Crippen LogP contribution in [0, 0.1) is 0 Å². The van der Waals surface area contributed by atoms with Crippen molar-refractivity contribution in [1.82, 2.24) is 9.97 Å². The van der Waals surface area contributed by atoms with Gasteiger partial charge in [-0.05, 0) is 24.3 Å². The van der Waals surface area contributed by atoms with Crippen LogP contribution in [0.2, 0.25) is 0 Å². The second-order valence-electron chi connectivity index (χ2n) is 5.22. The van der Waals surface area contributed by atoms with E-state index < -0.39 is 0 Å². The minimum atomic E-state index is 0.219. The maximum absolute atomic E-state index is 6.12. The predicted molar refractivity (Wildman–Crippen MR) is 88.6 cm³/mol. The summed E-state index contributed by atoms with van der Waals surface area (Å²) in [5.74, 6) is 3.41. The van der Waals surface area contributed by atoms with Gasteiger partial charge in [-0.1, -0.05) is 0 Å². The summed E-state index contributed by atoms with van der Waals surface area (Å²) in [6.07, 6.45) is 0. The number of nitrogens with zero attached hydrogens (tertiary/aromatic N) is 2. The van der Waals surface area contributed by atoms with Crippen LogP contribution in [0.4, 0.5) is 5.82 Å². The zero-order chi connectivity index (χ0) is 16.7. The highest BCUT2D eigenvalue weighted by Gasteiger charge is 2.17. The summed E-state index contributed by atoms with van der Waals surface area (Å²) in [6, 6.07) is 9.09. The molecule has 24 heavy (non-hydrogen) atoms. The maximum atomic E-state index is 6.12. The van der Waals surface area contributed by atoms with E-state index >= 15 is 0 Å². The molecule has 0 amide bonds. The molecular formula is C17H15N3O4. The van der Waals surface area contributed by atoms with Gasteiger partial charge in [-0.2, -0.15) is 0 Å². The van der Waals surface area contributed by atoms with Crippen LogP contribution >= 0.6 is 0 Å². The lowest BCUT2D eigenvalue weighted by Gasteiger charge is -2.11. The molecule has 2 heterocycles. The molecule has 0 aliphatic carbocycles. The molecule has 0 saturated heterocycles. The van der Waals surface area contributed by atoms with Gasteiger partial charge in [-0.3, -0.25) is 0 Å². The number of nitrogen functional groups attached to an aromatic ring is 1. The lowest BCUT2D eigenvalue weighted by molar-refractivity contribution is 0.174. The third-order valence-electron chi connectivity index (χ3n) is 3.86. The molecule has 0 fully saturated rings. The Kier molecular flexibility index (Phi) is 3.26. The van der Waals surface area contributed by atoms with Gasteiger partial charge in [0, 0.05) is 17.0 Å². The van der Waals surface area contributed by atoms with E-state index in [1.165, 1.54) is 0 Å². The molecule has 7 nitrogen and oxygen atoms in total. The van der Waals surface area contributed by atoms with E-state index in [-0.39, 0.29) is 6.79 Å². The van der Waals surface area contributed by atoms with Crippen molar-refractivity contribution in [2.24, 2.45) is 0 Å². The number of hydrogen-bond donors (Lipinski definition) is 1. The monoisotopic (exact) mass is 325 g/mol. The van der Waals surface area contributed by atoms with Gasteiger partial charge in [0.15, 0.2) is 28.8 Å². The van der Waals surface area contributed by atoms with Crippen molar-refractivity contribution in [3.8, 4) is 34.4 Å². The molecule has 0 unspecified atom stereocenters. The Balaban J connectivity index is 1.88. The number of hydrogen-bond acceptors (Lipinski definition) is 7. The Hall–Kier alpha value is -3.22. The minimum absolute atomic E-state index is 0.219. The summed E-state index contributed by atoms with van der Waals surface area (Å²) in [4.78, 5) is 8.99. The fourth-order valence-corrected chi connectivity index (χ4v) is 2.64. The predicted octanol–water partition coefficient (Wildman–Crippen LogP) is 2.62. The van der Waals surface area contributed by atoms with Crippen molar-refractivity contribution >= 4 is 16.7 Å². The van der Waals surface area contributed by atoms with Crippen LogP contribution in [0.1, 0.15) is 0 Å². The van der Waals surface area contributed by atoms with Gasteiger partial charge in [-0.25, -0.2) is 9.97 Å². The molecule has 0 saturated carbocycles. The van der Waals surface area contributed by atoms with E-state index in [1.807, 2.05) is 18.2 Å². The van der Waals surface area contributed by atoms with Crippen molar-refractivity contribution in [2.45, 2.75) is 0 Å². The lowest BCUT2D eigenvalue weighted by Crippen LogP contribution is -1.99. The summed E-state index contributed by atoms with van der Waals surface area (Å²) < 4.78 is 21.3. The molecule has 1 aliphatic rings. The fraction of sp³-hybridized carbons (Fsp3) is 0.176. The van der Waals surface area contributed by atoms with E-state index in [1.54, 1.807) is 26.4 Å². The van der Waals surface area contributed by atoms with Gasteiger partial charge in [0.2, 0.25) is 6.79 Å². The van der Waals surface area contributed by atoms with Crippen LogP contribution in [-0.2, 0) is 0 Å². The van der Waals surface area contributed by atoms with Crippen LogP contribution in [-0.4, -0.2) is 31.0 Å². The first-order valence-electron chi connectivity index (χ1n) is 7.29. The highest BCUT2D eigenvalue weighted by atomic mass is 16.7. The number of ether oxygens (including phenoxy) is 4. The molecule has 1 aromatic heterocycles. The third-order valence-corrected chi connectivity index (χ3v) is 3.86. The number of benzene rings is 2. The van der Waals surface area contributed by atoms with Gasteiger partial charge < -0.3 is 24.7 Å². The Labute approximate surface area is 137 Å². The Morgan fingerprint density at radius 3 is 2.50 bits per heavy atom. The molecule has 0 spiro atoms. The largest absolute Gasteiger partial charge is 0.493 e. The standard InChI is InChI=1S/C17H15N3O4/c1-21-13-6-10-11(7-14(13)22-2)19-17(20-16(10)18)9-3-4-12-15(5-9)24-8-23-12/h3-7H,8H2,1-2H3,(H2,18,19,20). The maximum Gasteiger partial charge on any atom is 0.231 e. The summed E-state index contributed by atoms with van der Waals surface area (Å²) in [7, 11) is 3.15. The van der Waals surface area contributed by atoms with Crippen molar-refractivity contribution in [2.75, 3.05) is 26.7 Å². The van der Waals surface area contributed by atoms with Crippen LogP contribution in [0.5, 0.6) is 23.0 Å². The average molecular weight is 325 g/mol. The van der Waals surface area contributed by atoms with E-state index in [0.717, 1.165) is 5.56 Å². The molecule has 4 rings (SSSR count). The van der Waals surface area contributed by atoms with Gasteiger partial charge in [0.25, 0.3) is 0 Å². The van der Waals surface area contributed by atoms with Gasteiger partial charge in [-0.15, -0.1) is 0 Å². The van der Waals surface area contributed by atoms with Gasteiger partial charge in [0.1, 0.15) is 5.82 Å². The van der Waals surface area contributed by atoms with Gasteiger partial charge in [0.05, 0.1) is 19.7 Å². The minimum Gasteiger partial charge on any atom is -0.493 e. The topological polar surface area (TPSA) is 88.7 Å². The number of anilines is 1. The summed E-state index contributed by atoms with van der Waals surface area (Å²) in [5.41, 5.74) is 7.59. The molecule has 122 valence electrons. The first-order valence-corrected chi connectivity index (χ1v) is 7.29.